The van der Waals surface area contributed by atoms with Gasteiger partial charge in [0.15, 0.2) is 0 Å². The van der Waals surface area contributed by atoms with Crippen LogP contribution < -0.4 is 4.74 Å². The number of carbonyl (C=O) groups excluding carboxylic acids is 1. The van der Waals surface area contributed by atoms with Gasteiger partial charge in [0.25, 0.3) is 10.1 Å². The van der Waals surface area contributed by atoms with Crippen LogP contribution in [0.25, 0.3) is 0 Å². The van der Waals surface area contributed by atoms with Crippen LogP contribution in [0.15, 0.2) is 65.6 Å². The van der Waals surface area contributed by atoms with Crippen molar-refractivity contribution in [1.29, 1.82) is 0 Å². The Labute approximate surface area is 200 Å². The molecule has 3 aromatic rings. The first-order chi connectivity index (χ1) is 16.0. The summed E-state index contributed by atoms with van der Waals surface area (Å²) in [6.07, 6.45) is 0.643. The Morgan fingerprint density at radius 2 is 1.53 bits per heavy atom. The van der Waals surface area contributed by atoms with Gasteiger partial charge in [0.1, 0.15) is 5.75 Å². The fourth-order valence-corrected chi connectivity index (χ4v) is 6.76. The van der Waals surface area contributed by atoms with Gasteiger partial charge in [-0.25, -0.2) is 0 Å². The summed E-state index contributed by atoms with van der Waals surface area (Å²) < 4.78 is 39.5. The van der Waals surface area contributed by atoms with Gasteiger partial charge in [-0.1, -0.05) is 62.4 Å². The highest BCUT2D eigenvalue weighted by molar-refractivity contribution is 7.85. The summed E-state index contributed by atoms with van der Waals surface area (Å²) in [5.41, 5.74) is 4.99. The quantitative estimate of drug-likeness (QED) is 0.286. The van der Waals surface area contributed by atoms with Crippen molar-refractivity contribution in [2.24, 2.45) is 5.41 Å². The van der Waals surface area contributed by atoms with Crippen LogP contribution in [0.3, 0.4) is 0 Å². The largest absolute Gasteiger partial charge is 0.426 e. The van der Waals surface area contributed by atoms with E-state index in [0.717, 1.165) is 0 Å². The number of hydrogen-bond acceptors (Lipinski definition) is 4. The normalized spacial score (nSPS) is 22.9. The molecule has 0 aromatic heterocycles. The summed E-state index contributed by atoms with van der Waals surface area (Å²) in [5.74, 6) is -0.201. The molecule has 0 fully saturated rings. The Balaban J connectivity index is 1.58. The maximum atomic E-state index is 13.8. The predicted molar refractivity (Wildman–Crippen MR) is 130 cm³/mol. The lowest BCUT2D eigenvalue weighted by Gasteiger charge is -2.50. The highest BCUT2D eigenvalue weighted by Crippen LogP contribution is 2.61. The fraction of sp³-hybridized carbons (Fsp3) is 0.321. The van der Waals surface area contributed by atoms with Crippen molar-refractivity contribution in [3.8, 4) is 5.75 Å². The minimum absolute atomic E-state index is 0.115. The number of aryl methyl sites for hydroxylation is 1. The lowest BCUT2D eigenvalue weighted by atomic mass is 9.53. The lowest BCUT2D eigenvalue weighted by Crippen LogP contribution is -2.46. The first kappa shape index (κ1) is 22.8. The summed E-state index contributed by atoms with van der Waals surface area (Å²) in [4.78, 5) is 13.7. The first-order valence-electron chi connectivity index (χ1n) is 11.5. The van der Waals surface area contributed by atoms with Gasteiger partial charge in [0.2, 0.25) is 0 Å². The predicted octanol–water partition coefficient (Wildman–Crippen LogP) is 5.96. The van der Waals surface area contributed by atoms with Gasteiger partial charge in [-0.3, -0.25) is 9.35 Å². The van der Waals surface area contributed by atoms with Crippen molar-refractivity contribution in [1.82, 2.24) is 0 Å². The van der Waals surface area contributed by atoms with Gasteiger partial charge in [-0.15, -0.1) is 0 Å². The summed E-state index contributed by atoms with van der Waals surface area (Å²) in [5, 5.41) is 0. The average molecular weight is 477 g/mol. The Morgan fingerprint density at radius 1 is 1.00 bits per heavy atom. The molecule has 0 saturated carbocycles. The third-order valence-electron chi connectivity index (χ3n) is 7.51. The van der Waals surface area contributed by atoms with Gasteiger partial charge < -0.3 is 4.74 Å². The molecule has 1 N–H and O–H groups in total. The Bertz CT molecular complexity index is 1370. The van der Waals surface area contributed by atoms with Crippen molar-refractivity contribution < 1.29 is 22.5 Å². The van der Waals surface area contributed by atoms with Crippen molar-refractivity contribution in [2.45, 2.75) is 56.8 Å². The Kier molecular flexibility index (Phi) is 5.22. The molecule has 0 radical (unpaired) electrons. The molecular weight excluding hydrogens is 448 g/mol. The number of rotatable bonds is 4. The van der Waals surface area contributed by atoms with Gasteiger partial charge in [-0.2, -0.15) is 8.42 Å². The first-order valence-corrected chi connectivity index (χ1v) is 13.0. The number of benzene rings is 3. The van der Waals surface area contributed by atoms with E-state index in [1.165, 1.54) is 28.3 Å². The monoisotopic (exact) mass is 476 g/mol. The topological polar surface area (TPSA) is 80.7 Å². The van der Waals surface area contributed by atoms with Gasteiger partial charge in [0, 0.05) is 11.8 Å². The SMILES string of the molecule is Cc1cc(S(=O)(=O)O)c(C(C)C)cc1OC(=O)C1(C)CC2c3ccccc3C1c1ccccc12. The number of fused-ring (bicyclic) bond motifs is 1. The molecule has 5 nitrogen and oxygen atoms in total. The summed E-state index contributed by atoms with van der Waals surface area (Å²) >= 11 is 0. The molecule has 0 heterocycles. The third-order valence-corrected chi connectivity index (χ3v) is 8.42. The maximum absolute atomic E-state index is 13.8. The van der Waals surface area contributed by atoms with Crippen molar-refractivity contribution in [3.05, 3.63) is 94.0 Å². The fourth-order valence-electron chi connectivity index (χ4n) is 5.85. The molecule has 0 amide bonds. The van der Waals surface area contributed by atoms with E-state index in [9.17, 15) is 17.8 Å². The second kappa shape index (κ2) is 7.79. The zero-order valence-corrected chi connectivity index (χ0v) is 20.5. The molecule has 1 atom stereocenters. The smallest absolute Gasteiger partial charge is 0.318 e. The molecule has 1 unspecified atom stereocenters. The second-order valence-corrected chi connectivity index (χ2v) is 11.4. The van der Waals surface area contributed by atoms with Crippen LogP contribution in [0.2, 0.25) is 0 Å². The van der Waals surface area contributed by atoms with E-state index in [4.69, 9.17) is 4.74 Å². The Hall–Kier alpha value is -2.96. The zero-order chi connectivity index (χ0) is 24.4. The number of carbonyl (C=O) groups is 1. The van der Waals surface area contributed by atoms with E-state index in [-0.39, 0.29) is 28.6 Å². The highest BCUT2D eigenvalue weighted by atomic mass is 32.2. The molecule has 3 aliphatic carbocycles. The van der Waals surface area contributed by atoms with Gasteiger partial charge >= 0.3 is 5.97 Å². The van der Waals surface area contributed by atoms with Crippen LogP contribution in [0.1, 0.15) is 78.3 Å². The molecule has 34 heavy (non-hydrogen) atoms. The van der Waals surface area contributed by atoms with Crippen molar-refractivity contribution in [3.63, 3.8) is 0 Å². The van der Waals surface area contributed by atoms with Crippen molar-refractivity contribution in [2.75, 3.05) is 0 Å². The molecule has 3 aromatic carbocycles. The van der Waals surface area contributed by atoms with Crippen LogP contribution in [-0.4, -0.2) is 18.9 Å². The Morgan fingerprint density at radius 3 is 2.03 bits per heavy atom. The van der Waals surface area contributed by atoms with E-state index in [0.29, 0.717) is 23.3 Å². The van der Waals surface area contributed by atoms with Crippen LogP contribution in [-0.2, 0) is 14.9 Å². The highest BCUT2D eigenvalue weighted by Gasteiger charge is 2.55. The average Bonchev–Trinajstić information content (AvgIpc) is 2.79. The lowest BCUT2D eigenvalue weighted by molar-refractivity contribution is -0.147. The maximum Gasteiger partial charge on any atom is 0.318 e. The molecule has 0 spiro atoms. The van der Waals surface area contributed by atoms with Crippen molar-refractivity contribution >= 4 is 16.1 Å². The van der Waals surface area contributed by atoms with E-state index in [1.807, 2.05) is 45.0 Å². The standard InChI is InChI=1S/C28H28O5S/c1-16(2)22-14-24(17(3)13-25(22)34(30,31)32)33-27(29)28(4)15-23-18-9-5-7-11-20(18)26(28)21-12-8-6-10-19(21)23/h5-14,16,23,26H,15H2,1-4H3,(H,30,31,32). The summed E-state index contributed by atoms with van der Waals surface area (Å²) in [6.45, 7) is 7.33. The van der Waals surface area contributed by atoms with E-state index < -0.39 is 15.5 Å². The van der Waals surface area contributed by atoms with Gasteiger partial charge in [0.05, 0.1) is 10.3 Å². The van der Waals surface area contributed by atoms with Crippen LogP contribution in [0.5, 0.6) is 5.75 Å². The molecular formula is C28H28O5S. The molecule has 176 valence electrons. The number of esters is 1. The number of ether oxygens (including phenoxy) is 1. The molecule has 6 rings (SSSR count). The minimum atomic E-state index is -4.39. The molecule has 0 aliphatic heterocycles. The van der Waals surface area contributed by atoms with Gasteiger partial charge in [-0.05, 0) is 71.7 Å². The number of hydrogen-bond donors (Lipinski definition) is 1. The van der Waals surface area contributed by atoms with E-state index >= 15 is 0 Å². The summed E-state index contributed by atoms with van der Waals surface area (Å²) in [7, 11) is -4.39. The van der Waals surface area contributed by atoms with Crippen LogP contribution in [0.4, 0.5) is 0 Å². The molecule has 6 heteroatoms. The van der Waals surface area contributed by atoms with Crippen LogP contribution in [0, 0.1) is 12.3 Å². The summed E-state index contributed by atoms with van der Waals surface area (Å²) in [6, 6.07) is 19.6. The second-order valence-electron chi connectivity index (χ2n) is 10.0. The van der Waals surface area contributed by atoms with E-state index in [2.05, 4.69) is 24.3 Å². The van der Waals surface area contributed by atoms with E-state index in [1.54, 1.807) is 13.0 Å². The molecule has 3 aliphatic rings. The third kappa shape index (κ3) is 3.39. The molecule has 2 bridgehead atoms. The molecule has 0 saturated heterocycles. The zero-order valence-electron chi connectivity index (χ0n) is 19.7. The van der Waals surface area contributed by atoms with Crippen LogP contribution >= 0.6 is 0 Å². The minimum Gasteiger partial charge on any atom is -0.426 e.